The van der Waals surface area contributed by atoms with Gasteiger partial charge in [-0.15, -0.1) is 0 Å². The Kier molecular flexibility index (Phi) is 7.49. The number of hydrogen-bond acceptors (Lipinski definition) is 5. The van der Waals surface area contributed by atoms with Gasteiger partial charge in [0.2, 0.25) is 5.75 Å². The smallest absolute Gasteiger partial charge is 0.298 e. The third-order valence-corrected chi connectivity index (χ3v) is 5.00. The fourth-order valence-corrected chi connectivity index (χ4v) is 3.48. The monoisotopic (exact) mass is 409 g/mol. The Hall–Kier alpha value is -3.28. The highest BCUT2D eigenvalue weighted by Crippen LogP contribution is 2.34. The fourth-order valence-electron chi connectivity index (χ4n) is 3.48. The Morgan fingerprint density at radius 3 is 2.50 bits per heavy atom. The number of hydrogen-bond donors (Lipinski definition) is 0. The topological polar surface area (TPSA) is 66.8 Å². The Morgan fingerprint density at radius 1 is 1.00 bits per heavy atom. The molecule has 0 atom stereocenters. The molecule has 158 valence electrons. The molecule has 0 saturated carbocycles. The first-order chi connectivity index (χ1) is 14.7. The minimum absolute atomic E-state index is 0.0894. The van der Waals surface area contributed by atoms with Gasteiger partial charge in [-0.2, -0.15) is 0 Å². The van der Waals surface area contributed by atoms with Crippen molar-refractivity contribution in [2.45, 2.75) is 45.8 Å². The van der Waals surface area contributed by atoms with Crippen molar-refractivity contribution >= 4 is 17.4 Å². The Morgan fingerprint density at radius 2 is 1.80 bits per heavy atom. The van der Waals surface area contributed by atoms with Gasteiger partial charge in [-0.25, -0.2) is 0 Å². The average Bonchev–Trinajstić information content (AvgIpc) is 2.78. The lowest BCUT2D eigenvalue weighted by Gasteiger charge is -2.17. The van der Waals surface area contributed by atoms with Crippen molar-refractivity contribution in [2.75, 3.05) is 7.11 Å². The van der Waals surface area contributed by atoms with Crippen LogP contribution in [0, 0.1) is 0 Å². The van der Waals surface area contributed by atoms with Crippen molar-refractivity contribution in [1.29, 1.82) is 0 Å². The van der Waals surface area contributed by atoms with E-state index in [1.54, 1.807) is 4.57 Å². The van der Waals surface area contributed by atoms with Crippen LogP contribution in [0.1, 0.15) is 38.2 Å². The number of aryl methyl sites for hydroxylation is 1. The quantitative estimate of drug-likeness (QED) is 0.339. The summed E-state index contributed by atoms with van der Waals surface area (Å²) in [4.78, 5) is 24.0. The maximum absolute atomic E-state index is 13.1. The first-order valence-electron chi connectivity index (χ1n) is 10.2. The van der Waals surface area contributed by atoms with Crippen LogP contribution in [0.2, 0.25) is 0 Å². The van der Waals surface area contributed by atoms with Crippen molar-refractivity contribution in [1.82, 2.24) is 4.57 Å². The first-order valence-corrected chi connectivity index (χ1v) is 10.2. The number of benzene rings is 2. The lowest BCUT2D eigenvalue weighted by Crippen LogP contribution is -2.23. The molecule has 0 bridgehead atoms. The number of carbonyl (C=O) groups is 1. The molecule has 0 aliphatic heterocycles. The van der Waals surface area contributed by atoms with E-state index >= 15 is 0 Å². The maximum atomic E-state index is 13.1. The second-order valence-electron chi connectivity index (χ2n) is 7.05. The molecular weight excluding hydrogens is 382 g/mol. The van der Waals surface area contributed by atoms with E-state index in [1.807, 2.05) is 48.5 Å². The van der Waals surface area contributed by atoms with E-state index < -0.39 is 0 Å². The van der Waals surface area contributed by atoms with Crippen LogP contribution >= 0.6 is 0 Å². The van der Waals surface area contributed by atoms with Crippen LogP contribution in [0.15, 0.2) is 53.3 Å². The summed E-state index contributed by atoms with van der Waals surface area (Å²) in [5, 5.41) is 0.691. The fraction of sp³-hybridized carbons (Fsp3) is 0.333. The summed E-state index contributed by atoms with van der Waals surface area (Å²) in [6.45, 7) is 3.35. The summed E-state index contributed by atoms with van der Waals surface area (Å²) in [7, 11) is 1.46. The molecule has 6 heteroatoms. The molecule has 0 saturated heterocycles. The van der Waals surface area contributed by atoms with E-state index in [-0.39, 0.29) is 23.5 Å². The second kappa shape index (κ2) is 10.5. The molecule has 0 amide bonds. The minimum atomic E-state index is -0.386. The van der Waals surface area contributed by atoms with Crippen LogP contribution in [0.4, 0.5) is 0 Å². The van der Waals surface area contributed by atoms with Crippen molar-refractivity contribution in [3.63, 3.8) is 0 Å². The Balaban J connectivity index is 2.02. The molecule has 0 N–H and O–H groups in total. The summed E-state index contributed by atoms with van der Waals surface area (Å²) in [6, 6.07) is 15.4. The minimum Gasteiger partial charge on any atom is -0.492 e. The summed E-state index contributed by atoms with van der Waals surface area (Å²) in [6.07, 6.45) is 4.08. The lowest BCUT2D eigenvalue weighted by atomic mass is 10.1. The molecular formula is C24H27NO5. The zero-order valence-corrected chi connectivity index (χ0v) is 17.4. The summed E-state index contributed by atoms with van der Waals surface area (Å²) in [5.41, 5.74) is 1.36. The van der Waals surface area contributed by atoms with Gasteiger partial charge in [0.1, 0.15) is 12.4 Å². The number of nitrogens with zero attached hydrogens (tertiary/aromatic N) is 1. The van der Waals surface area contributed by atoms with Crippen LogP contribution in [0.3, 0.4) is 0 Å². The SMILES string of the molecule is CCCCCCn1c(=O)c(OC=O)c(OC)c2ccc(OCc3ccccc3)cc21. The van der Waals surface area contributed by atoms with Gasteiger partial charge in [-0.3, -0.25) is 9.59 Å². The first kappa shape index (κ1) is 21.4. The van der Waals surface area contributed by atoms with Crippen LogP contribution in [0.25, 0.3) is 10.9 Å². The van der Waals surface area contributed by atoms with Gasteiger partial charge in [-0.1, -0.05) is 56.5 Å². The largest absolute Gasteiger partial charge is 0.492 e. The van der Waals surface area contributed by atoms with Crippen molar-refractivity contribution < 1.29 is 19.0 Å². The number of carbonyl (C=O) groups excluding carboxylic acids is 1. The van der Waals surface area contributed by atoms with Crippen molar-refractivity contribution in [3.8, 4) is 17.2 Å². The van der Waals surface area contributed by atoms with Gasteiger partial charge in [-0.05, 0) is 24.1 Å². The molecule has 2 aromatic carbocycles. The van der Waals surface area contributed by atoms with Crippen molar-refractivity contribution in [2.24, 2.45) is 0 Å². The van der Waals surface area contributed by atoms with Gasteiger partial charge in [0.25, 0.3) is 12.0 Å². The van der Waals surface area contributed by atoms with Gasteiger partial charge in [0.05, 0.1) is 12.6 Å². The molecule has 0 unspecified atom stereocenters. The number of methoxy groups -OCH3 is 1. The van der Waals surface area contributed by atoms with E-state index in [0.29, 0.717) is 29.8 Å². The molecule has 0 aliphatic rings. The second-order valence-corrected chi connectivity index (χ2v) is 7.05. The summed E-state index contributed by atoms with van der Waals surface area (Å²) in [5.74, 6) is 0.814. The molecule has 0 spiro atoms. The van der Waals surface area contributed by atoms with E-state index in [1.165, 1.54) is 7.11 Å². The van der Waals surface area contributed by atoms with E-state index in [2.05, 4.69) is 6.92 Å². The number of aromatic nitrogens is 1. The number of rotatable bonds is 11. The highest BCUT2D eigenvalue weighted by atomic mass is 16.5. The predicted octanol–water partition coefficient (Wildman–Crippen LogP) is 4.70. The van der Waals surface area contributed by atoms with E-state index in [0.717, 1.165) is 31.2 Å². The molecule has 1 heterocycles. The van der Waals surface area contributed by atoms with E-state index in [4.69, 9.17) is 14.2 Å². The molecule has 1 aromatic heterocycles. The Bertz CT molecular complexity index is 1040. The lowest BCUT2D eigenvalue weighted by molar-refractivity contribution is -0.120. The normalized spacial score (nSPS) is 10.7. The van der Waals surface area contributed by atoms with Crippen molar-refractivity contribution in [3.05, 3.63) is 64.4 Å². The zero-order chi connectivity index (χ0) is 21.3. The highest BCUT2D eigenvalue weighted by molar-refractivity contribution is 5.89. The number of unbranched alkanes of at least 4 members (excludes halogenated alkanes) is 3. The molecule has 3 rings (SSSR count). The number of ether oxygens (including phenoxy) is 3. The summed E-state index contributed by atoms with van der Waals surface area (Å²) < 4.78 is 18.0. The molecule has 6 nitrogen and oxygen atoms in total. The molecule has 30 heavy (non-hydrogen) atoms. The third-order valence-electron chi connectivity index (χ3n) is 5.00. The molecule has 0 fully saturated rings. The van der Waals surface area contributed by atoms with Gasteiger partial charge >= 0.3 is 0 Å². The average molecular weight is 409 g/mol. The summed E-state index contributed by atoms with van der Waals surface area (Å²) >= 11 is 0. The maximum Gasteiger partial charge on any atom is 0.298 e. The van der Waals surface area contributed by atoms with Crippen LogP contribution in [-0.4, -0.2) is 18.1 Å². The standard InChI is InChI=1S/C24H27NO5/c1-3-4-5-9-14-25-21-15-19(29-16-18-10-7-6-8-11-18)12-13-20(21)22(28-2)23(24(25)27)30-17-26/h6-8,10-13,15,17H,3-5,9,14,16H2,1-2H3. The number of pyridine rings is 1. The van der Waals surface area contributed by atoms with Gasteiger partial charge in [0.15, 0.2) is 5.75 Å². The zero-order valence-electron chi connectivity index (χ0n) is 17.4. The van der Waals surface area contributed by atoms with Crippen LogP contribution < -0.4 is 19.8 Å². The van der Waals surface area contributed by atoms with E-state index in [9.17, 15) is 9.59 Å². The highest BCUT2D eigenvalue weighted by Gasteiger charge is 2.19. The van der Waals surface area contributed by atoms with Gasteiger partial charge in [0, 0.05) is 18.0 Å². The molecule has 0 radical (unpaired) electrons. The van der Waals surface area contributed by atoms with Crippen LogP contribution in [-0.2, 0) is 17.9 Å². The molecule has 0 aliphatic carbocycles. The Labute approximate surface area is 176 Å². The predicted molar refractivity (Wildman–Crippen MR) is 116 cm³/mol. The number of fused-ring (bicyclic) bond motifs is 1. The third kappa shape index (κ3) is 4.82. The van der Waals surface area contributed by atoms with Crippen LogP contribution in [0.5, 0.6) is 17.2 Å². The molecule has 3 aromatic rings. The van der Waals surface area contributed by atoms with Gasteiger partial charge < -0.3 is 18.8 Å².